The van der Waals surface area contributed by atoms with Crippen LogP contribution in [0.15, 0.2) is 0 Å². The molecule has 12 heavy (non-hydrogen) atoms. The van der Waals surface area contributed by atoms with Crippen LogP contribution in [-0.4, -0.2) is 43.4 Å². The summed E-state index contributed by atoms with van der Waals surface area (Å²) in [6.07, 6.45) is 1.79. The molecular formula is C9H21N3. The summed E-state index contributed by atoms with van der Waals surface area (Å²) in [5.74, 6) is 0.663. The lowest BCUT2D eigenvalue weighted by molar-refractivity contribution is -0.0208. The van der Waals surface area contributed by atoms with Gasteiger partial charge in [-0.3, -0.25) is 0 Å². The van der Waals surface area contributed by atoms with Crippen molar-refractivity contribution < 1.29 is 0 Å². The second-order valence-electron chi connectivity index (χ2n) is 3.88. The zero-order valence-electron chi connectivity index (χ0n) is 8.67. The second kappa shape index (κ2) is 4.21. The highest BCUT2D eigenvalue weighted by Gasteiger charge is 2.26. The van der Waals surface area contributed by atoms with Gasteiger partial charge in [0.2, 0.25) is 0 Å². The maximum atomic E-state index is 3.36. The first-order chi connectivity index (χ1) is 5.66. The maximum Gasteiger partial charge on any atom is 0.0755 e. The van der Waals surface area contributed by atoms with Gasteiger partial charge >= 0.3 is 0 Å². The molecule has 72 valence electrons. The first-order valence-corrected chi connectivity index (χ1v) is 4.81. The van der Waals surface area contributed by atoms with E-state index in [0.29, 0.717) is 12.1 Å². The maximum absolute atomic E-state index is 3.36. The molecule has 0 spiro atoms. The molecular weight excluding hydrogens is 150 g/mol. The molecule has 1 rings (SSSR count). The quantitative estimate of drug-likeness (QED) is 0.675. The van der Waals surface area contributed by atoms with Crippen LogP contribution < -0.4 is 5.32 Å². The minimum atomic E-state index is 0.498. The number of nitrogens with one attached hydrogen (secondary N) is 1. The molecule has 1 saturated heterocycles. The summed E-state index contributed by atoms with van der Waals surface area (Å²) < 4.78 is 0. The SMILES string of the molecule is CNC(C(C)C)N1CCCN1C. The van der Waals surface area contributed by atoms with Crippen LogP contribution >= 0.6 is 0 Å². The molecule has 0 saturated carbocycles. The summed E-state index contributed by atoms with van der Waals surface area (Å²) in [6, 6.07) is 0. The summed E-state index contributed by atoms with van der Waals surface area (Å²) in [5, 5.41) is 8.10. The molecule has 0 aromatic rings. The van der Waals surface area contributed by atoms with Crippen molar-refractivity contribution in [2.24, 2.45) is 5.92 Å². The number of hydrogen-bond donors (Lipinski definition) is 1. The molecule has 0 bridgehead atoms. The van der Waals surface area contributed by atoms with Crippen LogP contribution in [0.5, 0.6) is 0 Å². The van der Waals surface area contributed by atoms with E-state index in [9.17, 15) is 0 Å². The average Bonchev–Trinajstić information content (AvgIpc) is 2.38. The molecule has 1 fully saturated rings. The Kier molecular flexibility index (Phi) is 3.50. The van der Waals surface area contributed by atoms with Crippen LogP contribution in [0.2, 0.25) is 0 Å². The topological polar surface area (TPSA) is 18.5 Å². The summed E-state index contributed by atoms with van der Waals surface area (Å²) in [6.45, 7) is 6.91. The Morgan fingerprint density at radius 2 is 1.92 bits per heavy atom. The monoisotopic (exact) mass is 171 g/mol. The molecule has 0 aromatic carbocycles. The van der Waals surface area contributed by atoms with Crippen LogP contribution in [-0.2, 0) is 0 Å². The van der Waals surface area contributed by atoms with E-state index in [2.05, 4.69) is 36.2 Å². The van der Waals surface area contributed by atoms with Crippen molar-refractivity contribution >= 4 is 0 Å². The largest absolute Gasteiger partial charge is 0.304 e. The predicted octanol–water partition coefficient (Wildman–Crippen LogP) is 0.740. The van der Waals surface area contributed by atoms with Crippen molar-refractivity contribution in [3.63, 3.8) is 0 Å². The standard InChI is InChI=1S/C9H21N3/c1-8(2)9(10-3)12-7-5-6-11(12)4/h8-10H,5-7H2,1-4H3. The van der Waals surface area contributed by atoms with Crippen molar-refractivity contribution in [1.82, 2.24) is 15.3 Å². The van der Waals surface area contributed by atoms with Crippen LogP contribution in [0.4, 0.5) is 0 Å². The van der Waals surface area contributed by atoms with Crippen molar-refractivity contribution in [2.75, 3.05) is 27.2 Å². The summed E-state index contributed by atoms with van der Waals surface area (Å²) >= 11 is 0. The fourth-order valence-corrected chi connectivity index (χ4v) is 1.94. The highest BCUT2D eigenvalue weighted by Crippen LogP contribution is 2.15. The number of nitrogens with zero attached hydrogens (tertiary/aromatic N) is 2. The van der Waals surface area contributed by atoms with E-state index in [1.165, 1.54) is 19.5 Å². The van der Waals surface area contributed by atoms with Crippen LogP contribution in [0.3, 0.4) is 0 Å². The van der Waals surface area contributed by atoms with Gasteiger partial charge in [0.05, 0.1) is 6.17 Å². The van der Waals surface area contributed by atoms with E-state index in [1.54, 1.807) is 0 Å². The third-order valence-electron chi connectivity index (χ3n) is 2.56. The van der Waals surface area contributed by atoms with Gasteiger partial charge in [-0.2, -0.15) is 0 Å². The Morgan fingerprint density at radius 3 is 2.25 bits per heavy atom. The van der Waals surface area contributed by atoms with E-state index in [0.717, 1.165) is 0 Å². The lowest BCUT2D eigenvalue weighted by Crippen LogP contribution is -2.51. The molecule has 3 heteroatoms. The van der Waals surface area contributed by atoms with Gasteiger partial charge in [-0.25, -0.2) is 10.0 Å². The fraction of sp³-hybridized carbons (Fsp3) is 1.00. The van der Waals surface area contributed by atoms with Crippen molar-refractivity contribution in [3.05, 3.63) is 0 Å². The number of hydrogen-bond acceptors (Lipinski definition) is 3. The summed E-state index contributed by atoms with van der Waals surface area (Å²) in [7, 11) is 4.20. The lowest BCUT2D eigenvalue weighted by atomic mass is 10.1. The van der Waals surface area contributed by atoms with Gasteiger partial charge in [-0.15, -0.1) is 0 Å². The van der Waals surface area contributed by atoms with Crippen LogP contribution in [0, 0.1) is 5.92 Å². The smallest absolute Gasteiger partial charge is 0.0755 e. The van der Waals surface area contributed by atoms with Crippen LogP contribution in [0.1, 0.15) is 20.3 Å². The van der Waals surface area contributed by atoms with Crippen molar-refractivity contribution in [2.45, 2.75) is 26.4 Å². The Labute approximate surface area is 75.7 Å². The second-order valence-corrected chi connectivity index (χ2v) is 3.88. The normalized spacial score (nSPS) is 23.8. The molecule has 1 N–H and O–H groups in total. The third kappa shape index (κ3) is 1.97. The van der Waals surface area contributed by atoms with E-state index >= 15 is 0 Å². The van der Waals surface area contributed by atoms with Gasteiger partial charge < -0.3 is 5.32 Å². The molecule has 1 atom stereocenters. The molecule has 0 aromatic heterocycles. The molecule has 1 aliphatic heterocycles. The lowest BCUT2D eigenvalue weighted by Gasteiger charge is -2.35. The van der Waals surface area contributed by atoms with E-state index in [1.807, 2.05) is 7.05 Å². The third-order valence-corrected chi connectivity index (χ3v) is 2.56. The molecule has 0 radical (unpaired) electrons. The van der Waals surface area contributed by atoms with Gasteiger partial charge in [0, 0.05) is 20.1 Å². The molecule has 1 heterocycles. The van der Waals surface area contributed by atoms with E-state index in [-0.39, 0.29) is 0 Å². The summed E-state index contributed by atoms with van der Waals surface area (Å²) in [5.41, 5.74) is 0. The predicted molar refractivity (Wildman–Crippen MR) is 51.6 cm³/mol. The minimum absolute atomic E-state index is 0.498. The number of rotatable bonds is 3. The minimum Gasteiger partial charge on any atom is -0.304 e. The molecule has 0 amide bonds. The zero-order chi connectivity index (χ0) is 9.14. The summed E-state index contributed by atoms with van der Waals surface area (Å²) in [4.78, 5) is 0. The Morgan fingerprint density at radius 1 is 1.25 bits per heavy atom. The number of hydrazine groups is 1. The first-order valence-electron chi connectivity index (χ1n) is 4.81. The fourth-order valence-electron chi connectivity index (χ4n) is 1.94. The highest BCUT2D eigenvalue weighted by molar-refractivity contribution is 4.73. The first kappa shape index (κ1) is 9.96. The van der Waals surface area contributed by atoms with Gasteiger partial charge in [-0.1, -0.05) is 13.8 Å². The van der Waals surface area contributed by atoms with Crippen molar-refractivity contribution in [3.8, 4) is 0 Å². The zero-order valence-corrected chi connectivity index (χ0v) is 8.67. The Balaban J connectivity index is 2.52. The van der Waals surface area contributed by atoms with Crippen molar-refractivity contribution in [1.29, 1.82) is 0 Å². The molecule has 1 aliphatic rings. The highest BCUT2D eigenvalue weighted by atomic mass is 15.7. The Hall–Kier alpha value is -0.120. The molecule has 1 unspecified atom stereocenters. The molecule has 3 nitrogen and oxygen atoms in total. The average molecular weight is 171 g/mol. The van der Waals surface area contributed by atoms with E-state index < -0.39 is 0 Å². The Bertz CT molecular complexity index is 136. The van der Waals surface area contributed by atoms with Gasteiger partial charge in [0.25, 0.3) is 0 Å². The van der Waals surface area contributed by atoms with E-state index in [4.69, 9.17) is 0 Å². The van der Waals surface area contributed by atoms with Crippen LogP contribution in [0.25, 0.3) is 0 Å². The van der Waals surface area contributed by atoms with Gasteiger partial charge in [-0.05, 0) is 19.4 Å². The van der Waals surface area contributed by atoms with Gasteiger partial charge in [0.15, 0.2) is 0 Å². The van der Waals surface area contributed by atoms with Gasteiger partial charge in [0.1, 0.15) is 0 Å². The molecule has 0 aliphatic carbocycles.